The first-order valence-corrected chi connectivity index (χ1v) is 7.28. The minimum atomic E-state index is -0.281. The van der Waals surface area contributed by atoms with Crippen molar-refractivity contribution in [3.8, 4) is 5.69 Å². The summed E-state index contributed by atoms with van der Waals surface area (Å²) in [5.41, 5.74) is 1.67. The summed E-state index contributed by atoms with van der Waals surface area (Å²) >= 11 is 0. The molecule has 0 fully saturated rings. The Morgan fingerprint density at radius 1 is 1.41 bits per heavy atom. The Morgan fingerprint density at radius 2 is 2.09 bits per heavy atom. The Kier molecular flexibility index (Phi) is 5.27. The third-order valence-electron chi connectivity index (χ3n) is 3.52. The van der Waals surface area contributed by atoms with Crippen LogP contribution in [0.2, 0.25) is 0 Å². The molecule has 5 nitrogen and oxygen atoms in total. The fourth-order valence-corrected chi connectivity index (χ4v) is 2.02. The van der Waals surface area contributed by atoms with E-state index in [9.17, 15) is 9.18 Å². The lowest BCUT2D eigenvalue weighted by Crippen LogP contribution is -2.36. The summed E-state index contributed by atoms with van der Waals surface area (Å²) in [6.07, 6.45) is 3.54. The quantitative estimate of drug-likeness (QED) is 0.889. The molecule has 2 aromatic rings. The first-order valence-electron chi connectivity index (χ1n) is 7.28. The van der Waals surface area contributed by atoms with Crippen LogP contribution in [0, 0.1) is 5.82 Å². The summed E-state index contributed by atoms with van der Waals surface area (Å²) in [6, 6.07) is 5.97. The maximum atomic E-state index is 12.9. The van der Waals surface area contributed by atoms with Gasteiger partial charge in [-0.3, -0.25) is 9.69 Å². The summed E-state index contributed by atoms with van der Waals surface area (Å²) in [7, 11) is 1.90. The van der Waals surface area contributed by atoms with Crippen LogP contribution in [0.5, 0.6) is 0 Å². The monoisotopic (exact) mass is 304 g/mol. The molecule has 118 valence electrons. The Bertz CT molecular complexity index is 623. The van der Waals surface area contributed by atoms with Crippen LogP contribution in [0.3, 0.4) is 0 Å². The van der Waals surface area contributed by atoms with E-state index in [1.807, 2.05) is 32.0 Å². The molecular weight excluding hydrogens is 283 g/mol. The van der Waals surface area contributed by atoms with Crippen molar-refractivity contribution < 1.29 is 9.18 Å². The number of carbonyl (C=O) groups is 1. The fourth-order valence-electron chi connectivity index (χ4n) is 2.02. The molecule has 6 heteroatoms. The number of aromatic nitrogens is 2. The lowest BCUT2D eigenvalue weighted by Gasteiger charge is -2.16. The molecule has 1 aromatic heterocycles. The predicted molar refractivity (Wildman–Crippen MR) is 83.3 cm³/mol. The highest BCUT2D eigenvalue weighted by Gasteiger charge is 2.13. The molecule has 0 radical (unpaired) electrons. The Balaban J connectivity index is 2.01. The van der Waals surface area contributed by atoms with Gasteiger partial charge >= 0.3 is 0 Å². The van der Waals surface area contributed by atoms with Gasteiger partial charge in [0.15, 0.2) is 0 Å². The number of rotatable bonds is 6. The standard InChI is InChI=1S/C16H21FN4O/c1-4-20(3)11-16(22)19-12(2)13-9-18-21(10-13)15-7-5-14(17)6-8-15/h5-10,12H,4,11H2,1-3H3,(H,19,22)/t12-/m1/s1. The van der Waals surface area contributed by atoms with E-state index in [-0.39, 0.29) is 17.8 Å². The first kappa shape index (κ1) is 16.2. The molecule has 0 aliphatic carbocycles. The first-order chi connectivity index (χ1) is 10.5. The van der Waals surface area contributed by atoms with Gasteiger partial charge in [-0.25, -0.2) is 9.07 Å². The van der Waals surface area contributed by atoms with Gasteiger partial charge in [0.2, 0.25) is 5.91 Å². The largest absolute Gasteiger partial charge is 0.348 e. The fraction of sp³-hybridized carbons (Fsp3) is 0.375. The molecule has 2 rings (SSSR count). The molecule has 1 atom stereocenters. The van der Waals surface area contributed by atoms with Crippen molar-refractivity contribution in [2.45, 2.75) is 19.9 Å². The second-order valence-electron chi connectivity index (χ2n) is 5.31. The van der Waals surface area contributed by atoms with Gasteiger partial charge in [-0.1, -0.05) is 6.92 Å². The third-order valence-corrected chi connectivity index (χ3v) is 3.52. The van der Waals surface area contributed by atoms with E-state index in [0.29, 0.717) is 6.54 Å². The van der Waals surface area contributed by atoms with Gasteiger partial charge in [-0.2, -0.15) is 5.10 Å². The van der Waals surface area contributed by atoms with Gasteiger partial charge < -0.3 is 5.32 Å². The number of hydrogen-bond acceptors (Lipinski definition) is 3. The lowest BCUT2D eigenvalue weighted by molar-refractivity contribution is -0.122. The minimum Gasteiger partial charge on any atom is -0.348 e. The normalized spacial score (nSPS) is 12.4. The maximum Gasteiger partial charge on any atom is 0.234 e. The zero-order valence-electron chi connectivity index (χ0n) is 13.1. The third kappa shape index (κ3) is 4.14. The van der Waals surface area contributed by atoms with Gasteiger partial charge in [0.25, 0.3) is 0 Å². The van der Waals surface area contributed by atoms with E-state index >= 15 is 0 Å². The number of nitrogens with zero attached hydrogens (tertiary/aromatic N) is 3. The molecule has 0 saturated heterocycles. The van der Waals surface area contributed by atoms with Crippen molar-refractivity contribution in [1.29, 1.82) is 0 Å². The predicted octanol–water partition coefficient (Wildman–Crippen LogP) is 2.14. The van der Waals surface area contributed by atoms with Gasteiger partial charge in [0.05, 0.1) is 24.5 Å². The molecule has 0 aliphatic rings. The SMILES string of the molecule is CCN(C)CC(=O)N[C@H](C)c1cnn(-c2ccc(F)cc2)c1. The number of benzene rings is 1. The average molecular weight is 304 g/mol. The van der Waals surface area contributed by atoms with E-state index in [1.54, 1.807) is 23.0 Å². The van der Waals surface area contributed by atoms with Crippen LogP contribution in [-0.4, -0.2) is 40.7 Å². The molecule has 22 heavy (non-hydrogen) atoms. The Hall–Kier alpha value is -2.21. The van der Waals surface area contributed by atoms with Crippen molar-refractivity contribution in [2.24, 2.45) is 0 Å². The van der Waals surface area contributed by atoms with E-state index in [0.717, 1.165) is 17.8 Å². The summed E-state index contributed by atoms with van der Waals surface area (Å²) in [4.78, 5) is 13.8. The molecule has 1 heterocycles. The average Bonchev–Trinajstić information content (AvgIpc) is 2.97. The number of carbonyl (C=O) groups excluding carboxylic acids is 1. The van der Waals surface area contributed by atoms with Crippen molar-refractivity contribution in [2.75, 3.05) is 20.1 Å². The van der Waals surface area contributed by atoms with E-state index < -0.39 is 0 Å². The summed E-state index contributed by atoms with van der Waals surface area (Å²) in [6.45, 7) is 5.11. The molecule has 1 aromatic carbocycles. The van der Waals surface area contributed by atoms with Crippen molar-refractivity contribution in [3.05, 3.63) is 48.0 Å². The highest BCUT2D eigenvalue weighted by atomic mass is 19.1. The van der Waals surface area contributed by atoms with E-state index in [4.69, 9.17) is 0 Å². The highest BCUT2D eigenvalue weighted by Crippen LogP contribution is 2.14. The second-order valence-corrected chi connectivity index (χ2v) is 5.31. The van der Waals surface area contributed by atoms with Crippen molar-refractivity contribution >= 4 is 5.91 Å². The molecule has 0 unspecified atom stereocenters. The molecule has 0 bridgehead atoms. The highest BCUT2D eigenvalue weighted by molar-refractivity contribution is 5.78. The number of hydrogen-bond donors (Lipinski definition) is 1. The second kappa shape index (κ2) is 7.17. The molecule has 0 saturated carbocycles. The van der Waals surface area contributed by atoms with Crippen LogP contribution in [0.4, 0.5) is 4.39 Å². The summed E-state index contributed by atoms with van der Waals surface area (Å²) < 4.78 is 14.6. The van der Waals surface area contributed by atoms with Crippen LogP contribution in [0.1, 0.15) is 25.5 Å². The van der Waals surface area contributed by atoms with Gasteiger partial charge in [-0.05, 0) is 44.8 Å². The smallest absolute Gasteiger partial charge is 0.234 e. The number of nitrogens with one attached hydrogen (secondary N) is 1. The number of likely N-dealkylation sites (N-methyl/N-ethyl adjacent to an activating group) is 1. The topological polar surface area (TPSA) is 50.2 Å². The molecule has 0 aliphatic heterocycles. The van der Waals surface area contributed by atoms with Crippen LogP contribution >= 0.6 is 0 Å². The molecule has 1 N–H and O–H groups in total. The van der Waals surface area contributed by atoms with Crippen molar-refractivity contribution in [1.82, 2.24) is 20.0 Å². The maximum absolute atomic E-state index is 12.9. The van der Waals surface area contributed by atoms with Gasteiger partial charge in [0.1, 0.15) is 5.82 Å². The Labute approximate surface area is 129 Å². The van der Waals surface area contributed by atoms with Gasteiger partial charge in [0, 0.05) is 11.8 Å². The lowest BCUT2D eigenvalue weighted by atomic mass is 10.2. The molecule has 1 amide bonds. The molecular formula is C16H21FN4O. The van der Waals surface area contributed by atoms with Crippen LogP contribution in [0.15, 0.2) is 36.7 Å². The summed E-state index contributed by atoms with van der Waals surface area (Å²) in [5.74, 6) is -0.303. The minimum absolute atomic E-state index is 0.0219. The van der Waals surface area contributed by atoms with Gasteiger partial charge in [-0.15, -0.1) is 0 Å². The van der Waals surface area contributed by atoms with Crippen LogP contribution in [-0.2, 0) is 4.79 Å². The zero-order chi connectivity index (χ0) is 16.1. The summed E-state index contributed by atoms with van der Waals surface area (Å²) in [5, 5.41) is 7.20. The van der Waals surface area contributed by atoms with E-state index in [2.05, 4.69) is 10.4 Å². The van der Waals surface area contributed by atoms with Crippen molar-refractivity contribution in [3.63, 3.8) is 0 Å². The van der Waals surface area contributed by atoms with Crippen LogP contribution < -0.4 is 5.32 Å². The number of amides is 1. The Morgan fingerprint density at radius 3 is 2.73 bits per heavy atom. The number of halogens is 1. The zero-order valence-corrected chi connectivity index (χ0v) is 13.1. The molecule has 0 spiro atoms. The van der Waals surface area contributed by atoms with Crippen LogP contribution in [0.25, 0.3) is 5.69 Å². The van der Waals surface area contributed by atoms with E-state index in [1.165, 1.54) is 12.1 Å².